The highest BCUT2D eigenvalue weighted by molar-refractivity contribution is 5.73. The first kappa shape index (κ1) is 11.3. The van der Waals surface area contributed by atoms with Gasteiger partial charge in [0, 0.05) is 11.4 Å². The summed E-state index contributed by atoms with van der Waals surface area (Å²) in [5.74, 6) is -1.27. The van der Waals surface area contributed by atoms with Crippen LogP contribution in [-0.2, 0) is 22.6 Å². The number of carboxylic acid groups (broad SMARTS) is 1. The lowest BCUT2D eigenvalue weighted by molar-refractivity contribution is -0.137. The van der Waals surface area contributed by atoms with Crippen molar-refractivity contribution in [1.29, 1.82) is 0 Å². The third kappa shape index (κ3) is 3.12. The van der Waals surface area contributed by atoms with Crippen molar-refractivity contribution in [3.05, 3.63) is 23.5 Å². The van der Waals surface area contributed by atoms with Crippen molar-refractivity contribution >= 4 is 11.9 Å². The monoisotopic (exact) mass is 210 g/mol. The number of aliphatic carboxylic acids is 1. The molecule has 1 rings (SSSR count). The molecule has 5 heteroatoms. The predicted octanol–water partition coefficient (Wildman–Crippen LogP) is 0.299. The number of rotatable bonds is 5. The number of hydrogen-bond donors (Lipinski definition) is 2. The highest BCUT2D eigenvalue weighted by atomic mass is 16.4. The number of hydrogen-bond acceptors (Lipinski definition) is 2. The zero-order chi connectivity index (χ0) is 11.4. The molecular formula is C10H14N2O3. The number of nitrogens with two attached hydrogens (primary N) is 1. The summed E-state index contributed by atoms with van der Waals surface area (Å²) in [6.45, 7) is 1.96. The van der Waals surface area contributed by atoms with Crippen LogP contribution in [0.1, 0.15) is 17.8 Å². The highest BCUT2D eigenvalue weighted by Gasteiger charge is 2.08. The van der Waals surface area contributed by atoms with Crippen LogP contribution in [0.4, 0.5) is 0 Å². The van der Waals surface area contributed by atoms with Crippen LogP contribution in [0.3, 0.4) is 0 Å². The molecule has 0 bridgehead atoms. The van der Waals surface area contributed by atoms with E-state index >= 15 is 0 Å². The van der Waals surface area contributed by atoms with Crippen molar-refractivity contribution in [3.63, 3.8) is 0 Å². The van der Waals surface area contributed by atoms with Crippen LogP contribution in [0.15, 0.2) is 12.1 Å². The Morgan fingerprint density at radius 3 is 2.67 bits per heavy atom. The Morgan fingerprint density at radius 1 is 1.47 bits per heavy atom. The van der Waals surface area contributed by atoms with E-state index < -0.39 is 11.9 Å². The lowest BCUT2D eigenvalue weighted by Crippen LogP contribution is -2.21. The third-order valence-corrected chi connectivity index (χ3v) is 2.20. The molecule has 0 fully saturated rings. The first-order valence-corrected chi connectivity index (χ1v) is 4.66. The summed E-state index contributed by atoms with van der Waals surface area (Å²) in [6, 6.07) is 3.67. The van der Waals surface area contributed by atoms with Crippen molar-refractivity contribution in [3.8, 4) is 0 Å². The van der Waals surface area contributed by atoms with E-state index in [2.05, 4.69) is 0 Å². The fourth-order valence-corrected chi connectivity index (χ4v) is 1.46. The summed E-state index contributed by atoms with van der Waals surface area (Å²) in [4.78, 5) is 21.2. The van der Waals surface area contributed by atoms with E-state index in [9.17, 15) is 9.59 Å². The Morgan fingerprint density at radius 2 is 2.13 bits per heavy atom. The van der Waals surface area contributed by atoms with E-state index in [4.69, 9.17) is 10.8 Å². The smallest absolute Gasteiger partial charge is 0.303 e. The zero-order valence-electron chi connectivity index (χ0n) is 8.56. The summed E-state index contributed by atoms with van der Waals surface area (Å²) >= 11 is 0. The molecule has 0 aromatic carbocycles. The van der Waals surface area contributed by atoms with Crippen LogP contribution < -0.4 is 5.73 Å². The topological polar surface area (TPSA) is 85.3 Å². The van der Waals surface area contributed by atoms with Crippen LogP contribution >= 0.6 is 0 Å². The number of aryl methyl sites for hydroxylation is 2. The molecule has 1 amide bonds. The summed E-state index contributed by atoms with van der Waals surface area (Å²) in [5, 5.41) is 8.55. The molecule has 3 N–H and O–H groups in total. The number of nitrogens with zero attached hydrogens (tertiary/aromatic N) is 1. The third-order valence-electron chi connectivity index (χ3n) is 2.20. The van der Waals surface area contributed by atoms with Crippen molar-refractivity contribution in [2.45, 2.75) is 26.3 Å². The minimum atomic E-state index is -0.848. The number of carbonyl (C=O) groups is 2. The minimum absolute atomic E-state index is 0.0578. The maximum atomic E-state index is 10.8. The van der Waals surface area contributed by atoms with Gasteiger partial charge in [-0.25, -0.2) is 0 Å². The van der Waals surface area contributed by atoms with Crippen molar-refractivity contribution < 1.29 is 14.7 Å². The van der Waals surface area contributed by atoms with E-state index in [1.165, 1.54) is 0 Å². The Balaban J connectivity index is 2.78. The fourth-order valence-electron chi connectivity index (χ4n) is 1.46. The molecule has 0 aliphatic rings. The van der Waals surface area contributed by atoms with Crippen LogP contribution in [0.25, 0.3) is 0 Å². The second-order valence-corrected chi connectivity index (χ2v) is 3.41. The molecule has 0 saturated carbocycles. The van der Waals surface area contributed by atoms with E-state index in [0.717, 1.165) is 11.4 Å². The van der Waals surface area contributed by atoms with Crippen LogP contribution in [0.5, 0.6) is 0 Å². The fraction of sp³-hybridized carbons (Fsp3) is 0.400. The van der Waals surface area contributed by atoms with E-state index in [-0.39, 0.29) is 13.0 Å². The molecule has 1 aromatic heterocycles. The van der Waals surface area contributed by atoms with Crippen LogP contribution in [0, 0.1) is 6.92 Å². The summed E-state index contributed by atoms with van der Waals surface area (Å²) in [7, 11) is 0. The average molecular weight is 210 g/mol. The molecule has 5 nitrogen and oxygen atoms in total. The van der Waals surface area contributed by atoms with Gasteiger partial charge in [-0.3, -0.25) is 9.59 Å². The second-order valence-electron chi connectivity index (χ2n) is 3.41. The van der Waals surface area contributed by atoms with Gasteiger partial charge in [-0.05, 0) is 25.5 Å². The Kier molecular flexibility index (Phi) is 3.49. The van der Waals surface area contributed by atoms with Gasteiger partial charge in [0.2, 0.25) is 5.91 Å². The Labute approximate surface area is 87.5 Å². The van der Waals surface area contributed by atoms with Gasteiger partial charge in [-0.1, -0.05) is 0 Å². The van der Waals surface area contributed by atoms with Gasteiger partial charge in [0.15, 0.2) is 0 Å². The van der Waals surface area contributed by atoms with Gasteiger partial charge < -0.3 is 15.4 Å². The molecule has 0 atom stereocenters. The molecule has 1 aromatic rings. The standard InChI is InChI=1S/C10H14N2O3/c1-7-2-3-8(4-5-10(14)15)12(7)6-9(11)13/h2-3H,4-6H2,1H3,(H2,11,13)(H,14,15). The first-order valence-electron chi connectivity index (χ1n) is 4.66. The molecule has 82 valence electrons. The van der Waals surface area contributed by atoms with E-state index in [0.29, 0.717) is 6.42 Å². The minimum Gasteiger partial charge on any atom is -0.481 e. The van der Waals surface area contributed by atoms with Crippen LogP contribution in [-0.4, -0.2) is 21.6 Å². The maximum absolute atomic E-state index is 10.8. The van der Waals surface area contributed by atoms with Crippen LogP contribution in [0.2, 0.25) is 0 Å². The molecule has 0 aliphatic heterocycles. The molecule has 0 saturated heterocycles. The number of carboxylic acids is 1. The Bertz CT molecular complexity index is 382. The van der Waals surface area contributed by atoms with Crippen molar-refractivity contribution in [1.82, 2.24) is 4.57 Å². The molecule has 0 aliphatic carbocycles. The molecule has 1 heterocycles. The quantitative estimate of drug-likeness (QED) is 0.732. The number of amides is 1. The van der Waals surface area contributed by atoms with E-state index in [1.54, 1.807) is 4.57 Å². The maximum Gasteiger partial charge on any atom is 0.303 e. The first-order chi connectivity index (χ1) is 7.00. The number of carbonyl (C=O) groups excluding carboxylic acids is 1. The van der Waals surface area contributed by atoms with Gasteiger partial charge in [0.05, 0.1) is 6.42 Å². The lowest BCUT2D eigenvalue weighted by Gasteiger charge is -2.08. The number of primary amides is 1. The average Bonchev–Trinajstić information content (AvgIpc) is 2.44. The summed E-state index contributed by atoms with van der Waals surface area (Å²) in [6.07, 6.45) is 0.471. The van der Waals surface area contributed by atoms with Gasteiger partial charge in [-0.2, -0.15) is 0 Å². The summed E-state index contributed by atoms with van der Waals surface area (Å²) in [5.41, 5.74) is 6.84. The molecular weight excluding hydrogens is 196 g/mol. The summed E-state index contributed by atoms with van der Waals surface area (Å²) < 4.78 is 1.74. The second kappa shape index (κ2) is 4.63. The molecule has 0 radical (unpaired) electrons. The van der Waals surface area contributed by atoms with Crippen molar-refractivity contribution in [2.75, 3.05) is 0 Å². The van der Waals surface area contributed by atoms with Gasteiger partial charge in [0.25, 0.3) is 0 Å². The molecule has 15 heavy (non-hydrogen) atoms. The zero-order valence-corrected chi connectivity index (χ0v) is 8.56. The normalized spacial score (nSPS) is 10.2. The number of aromatic nitrogens is 1. The SMILES string of the molecule is Cc1ccc(CCC(=O)O)n1CC(N)=O. The van der Waals surface area contributed by atoms with Gasteiger partial charge in [0.1, 0.15) is 6.54 Å². The predicted molar refractivity (Wildman–Crippen MR) is 54.3 cm³/mol. The lowest BCUT2D eigenvalue weighted by atomic mass is 10.2. The Hall–Kier alpha value is -1.78. The molecule has 0 spiro atoms. The molecule has 0 unspecified atom stereocenters. The van der Waals surface area contributed by atoms with Crippen molar-refractivity contribution in [2.24, 2.45) is 5.73 Å². The largest absolute Gasteiger partial charge is 0.481 e. The van der Waals surface area contributed by atoms with E-state index in [1.807, 2.05) is 19.1 Å². The van der Waals surface area contributed by atoms with Gasteiger partial charge >= 0.3 is 5.97 Å². The highest BCUT2D eigenvalue weighted by Crippen LogP contribution is 2.10. The van der Waals surface area contributed by atoms with Gasteiger partial charge in [-0.15, -0.1) is 0 Å².